The van der Waals surface area contributed by atoms with Gasteiger partial charge in [-0.05, 0) is 30.0 Å². The lowest BCUT2D eigenvalue weighted by atomic mass is 10.1. The molecule has 1 fully saturated rings. The average molecular weight is 287 g/mol. The van der Waals surface area contributed by atoms with Crippen LogP contribution in [0.4, 0.5) is 10.5 Å². The van der Waals surface area contributed by atoms with Crippen LogP contribution in [-0.2, 0) is 11.8 Å². The van der Waals surface area contributed by atoms with Crippen LogP contribution in [0.1, 0.15) is 6.42 Å². The lowest BCUT2D eigenvalue weighted by Gasteiger charge is -2.16. The molecule has 0 saturated carbocycles. The fraction of sp³-hybridized carbons (Fsp3) is 0.333. The molecule has 1 aromatic carbocycles. The Morgan fingerprint density at radius 3 is 2.86 bits per heavy atom. The van der Waals surface area contributed by atoms with Crippen LogP contribution in [0.3, 0.4) is 0 Å². The maximum atomic E-state index is 12.2. The Hall–Kier alpha value is -2.50. The van der Waals surface area contributed by atoms with E-state index < -0.39 is 11.9 Å². The normalized spacial score (nSPS) is 18.1. The highest BCUT2D eigenvalue weighted by Crippen LogP contribution is 2.21. The third kappa shape index (κ3) is 2.56. The first-order chi connectivity index (χ1) is 10.0. The number of carboxylic acids is 1. The van der Waals surface area contributed by atoms with Gasteiger partial charge in [0.15, 0.2) is 0 Å². The van der Waals surface area contributed by atoms with Crippen molar-refractivity contribution >= 4 is 28.6 Å². The molecule has 2 amide bonds. The van der Waals surface area contributed by atoms with Crippen LogP contribution in [0.2, 0.25) is 0 Å². The van der Waals surface area contributed by atoms with Crippen molar-refractivity contribution in [3.63, 3.8) is 0 Å². The molecule has 3 rings (SSSR count). The number of aryl methyl sites for hydroxylation is 1. The number of likely N-dealkylation sites (tertiary alicyclic amines) is 1. The summed E-state index contributed by atoms with van der Waals surface area (Å²) in [5, 5.41) is 12.9. The van der Waals surface area contributed by atoms with Crippen molar-refractivity contribution in [3.05, 3.63) is 30.5 Å². The molecule has 0 aliphatic carbocycles. The van der Waals surface area contributed by atoms with Gasteiger partial charge in [0.25, 0.3) is 0 Å². The van der Waals surface area contributed by atoms with Crippen molar-refractivity contribution in [2.75, 3.05) is 18.4 Å². The predicted molar refractivity (Wildman–Crippen MR) is 79.3 cm³/mol. The first-order valence-electron chi connectivity index (χ1n) is 6.88. The van der Waals surface area contributed by atoms with Gasteiger partial charge in [0.2, 0.25) is 0 Å². The monoisotopic (exact) mass is 287 g/mol. The Morgan fingerprint density at radius 2 is 2.14 bits per heavy atom. The van der Waals surface area contributed by atoms with E-state index in [4.69, 9.17) is 5.11 Å². The molecule has 6 heteroatoms. The molecular formula is C15H17N3O3. The average Bonchev–Trinajstić information content (AvgIpc) is 3.07. The van der Waals surface area contributed by atoms with Crippen LogP contribution in [0.5, 0.6) is 0 Å². The number of amides is 2. The SMILES string of the molecule is Cn1ccc2ccc(NC(=O)N3CCC(C(=O)O)C3)cc21. The molecule has 110 valence electrons. The summed E-state index contributed by atoms with van der Waals surface area (Å²) in [5.74, 6) is -1.29. The van der Waals surface area contributed by atoms with Crippen LogP contribution >= 0.6 is 0 Å². The molecule has 6 nitrogen and oxygen atoms in total. The fourth-order valence-electron chi connectivity index (χ4n) is 2.69. The van der Waals surface area contributed by atoms with Crippen LogP contribution in [0.25, 0.3) is 10.9 Å². The van der Waals surface area contributed by atoms with E-state index in [0.717, 1.165) is 10.9 Å². The van der Waals surface area contributed by atoms with Crippen molar-refractivity contribution in [2.24, 2.45) is 13.0 Å². The minimum atomic E-state index is -0.837. The molecule has 0 spiro atoms. The number of urea groups is 1. The number of nitrogens with one attached hydrogen (secondary N) is 1. The standard InChI is InChI=1S/C15H17N3O3/c1-17-6-4-10-2-3-12(8-13(10)17)16-15(21)18-7-5-11(9-18)14(19)20/h2-4,6,8,11H,5,7,9H2,1H3,(H,16,21)(H,19,20). The van der Waals surface area contributed by atoms with E-state index in [1.807, 2.05) is 42.1 Å². The van der Waals surface area contributed by atoms with E-state index in [2.05, 4.69) is 5.32 Å². The van der Waals surface area contributed by atoms with Gasteiger partial charge in [0, 0.05) is 37.5 Å². The first kappa shape index (κ1) is 13.5. The Kier molecular flexibility index (Phi) is 3.29. The largest absolute Gasteiger partial charge is 0.481 e. The van der Waals surface area contributed by atoms with Crippen LogP contribution in [-0.4, -0.2) is 39.7 Å². The van der Waals surface area contributed by atoms with E-state index in [1.54, 1.807) is 4.90 Å². The van der Waals surface area contributed by atoms with Gasteiger partial charge < -0.3 is 19.9 Å². The number of nitrogens with zero attached hydrogens (tertiary/aromatic N) is 2. The summed E-state index contributed by atoms with van der Waals surface area (Å²) in [6.45, 7) is 0.753. The maximum Gasteiger partial charge on any atom is 0.321 e. The number of hydrogen-bond acceptors (Lipinski definition) is 2. The Morgan fingerprint density at radius 1 is 1.33 bits per heavy atom. The number of aromatic nitrogens is 1. The van der Waals surface area contributed by atoms with Crippen molar-refractivity contribution in [2.45, 2.75) is 6.42 Å². The fourth-order valence-corrected chi connectivity index (χ4v) is 2.69. The van der Waals surface area contributed by atoms with E-state index in [1.165, 1.54) is 0 Å². The minimum absolute atomic E-state index is 0.243. The van der Waals surface area contributed by atoms with Gasteiger partial charge in [-0.3, -0.25) is 4.79 Å². The number of carbonyl (C=O) groups excluding carboxylic acids is 1. The molecule has 0 bridgehead atoms. The zero-order valence-corrected chi connectivity index (χ0v) is 11.7. The van der Waals surface area contributed by atoms with Crippen LogP contribution in [0.15, 0.2) is 30.5 Å². The third-order valence-electron chi connectivity index (χ3n) is 3.96. The molecule has 1 aromatic heterocycles. The second-order valence-electron chi connectivity index (χ2n) is 5.40. The number of benzene rings is 1. The van der Waals surface area contributed by atoms with Gasteiger partial charge in [0.1, 0.15) is 0 Å². The number of rotatable bonds is 2. The Balaban J connectivity index is 1.71. The lowest BCUT2D eigenvalue weighted by Crippen LogP contribution is -2.33. The van der Waals surface area contributed by atoms with Gasteiger partial charge in [0.05, 0.1) is 5.92 Å². The summed E-state index contributed by atoms with van der Waals surface area (Å²) >= 11 is 0. The topological polar surface area (TPSA) is 74.6 Å². The molecule has 2 N–H and O–H groups in total. The number of anilines is 1. The van der Waals surface area contributed by atoms with Gasteiger partial charge in [-0.15, -0.1) is 0 Å². The highest BCUT2D eigenvalue weighted by Gasteiger charge is 2.30. The summed E-state index contributed by atoms with van der Waals surface area (Å²) in [7, 11) is 1.95. The summed E-state index contributed by atoms with van der Waals surface area (Å²) in [4.78, 5) is 24.6. The minimum Gasteiger partial charge on any atom is -0.481 e. The molecule has 1 unspecified atom stereocenters. The first-order valence-corrected chi connectivity index (χ1v) is 6.88. The van der Waals surface area contributed by atoms with Gasteiger partial charge in [-0.1, -0.05) is 6.07 Å². The molecule has 0 radical (unpaired) electrons. The number of hydrogen-bond donors (Lipinski definition) is 2. The molecule has 1 aliphatic rings. The van der Waals surface area contributed by atoms with Gasteiger partial charge in [-0.2, -0.15) is 0 Å². The van der Waals surface area contributed by atoms with Crippen LogP contribution in [0, 0.1) is 5.92 Å². The summed E-state index contributed by atoms with van der Waals surface area (Å²) in [6.07, 6.45) is 2.48. The van der Waals surface area contributed by atoms with E-state index in [0.29, 0.717) is 18.7 Å². The highest BCUT2D eigenvalue weighted by molar-refractivity contribution is 5.93. The molecule has 21 heavy (non-hydrogen) atoms. The van der Waals surface area contributed by atoms with Gasteiger partial charge in [-0.25, -0.2) is 4.79 Å². The molecule has 2 aromatic rings. The number of carboxylic acid groups (broad SMARTS) is 1. The molecule has 1 aliphatic heterocycles. The second-order valence-corrected chi connectivity index (χ2v) is 5.40. The molecule has 1 saturated heterocycles. The van der Waals surface area contributed by atoms with E-state index >= 15 is 0 Å². The number of aliphatic carboxylic acids is 1. The summed E-state index contributed by atoms with van der Waals surface area (Å²) in [5.41, 5.74) is 1.76. The van der Waals surface area contributed by atoms with Crippen LogP contribution < -0.4 is 5.32 Å². The van der Waals surface area contributed by atoms with Crippen molar-refractivity contribution in [1.82, 2.24) is 9.47 Å². The second kappa shape index (κ2) is 5.12. The zero-order valence-electron chi connectivity index (χ0n) is 11.7. The molecule has 1 atom stereocenters. The van der Waals surface area contributed by atoms with E-state index in [-0.39, 0.29) is 12.6 Å². The Labute approximate surface area is 122 Å². The number of carbonyl (C=O) groups is 2. The van der Waals surface area contributed by atoms with Crippen molar-refractivity contribution in [3.8, 4) is 0 Å². The van der Waals surface area contributed by atoms with E-state index in [9.17, 15) is 9.59 Å². The van der Waals surface area contributed by atoms with Crippen molar-refractivity contribution in [1.29, 1.82) is 0 Å². The smallest absolute Gasteiger partial charge is 0.321 e. The predicted octanol–water partition coefficient (Wildman–Crippen LogP) is 2.12. The molecule has 2 heterocycles. The lowest BCUT2D eigenvalue weighted by molar-refractivity contribution is -0.141. The molecular weight excluding hydrogens is 270 g/mol. The quantitative estimate of drug-likeness (QED) is 0.888. The highest BCUT2D eigenvalue weighted by atomic mass is 16.4. The zero-order chi connectivity index (χ0) is 15.0. The summed E-state index contributed by atoms with van der Waals surface area (Å²) < 4.78 is 1.99. The Bertz CT molecular complexity index is 707. The number of fused-ring (bicyclic) bond motifs is 1. The van der Waals surface area contributed by atoms with Crippen molar-refractivity contribution < 1.29 is 14.7 Å². The maximum absolute atomic E-state index is 12.2. The third-order valence-corrected chi connectivity index (χ3v) is 3.96. The summed E-state index contributed by atoms with van der Waals surface area (Å²) in [6, 6.07) is 7.49. The van der Waals surface area contributed by atoms with Gasteiger partial charge >= 0.3 is 12.0 Å².